The van der Waals surface area contributed by atoms with Gasteiger partial charge in [-0.1, -0.05) is 0 Å². The average Bonchev–Trinajstić information content (AvgIpc) is 2.99. The zero-order chi connectivity index (χ0) is 14.0. The summed E-state index contributed by atoms with van der Waals surface area (Å²) in [7, 11) is 0. The van der Waals surface area contributed by atoms with E-state index in [1.54, 1.807) is 0 Å². The highest BCUT2D eigenvalue weighted by Crippen LogP contribution is 2.27. The summed E-state index contributed by atoms with van der Waals surface area (Å²) in [4.78, 5) is 22.4. The van der Waals surface area contributed by atoms with Crippen molar-refractivity contribution < 1.29 is 22.8 Å². The number of alkyl halides is 3. The van der Waals surface area contributed by atoms with Gasteiger partial charge in [0, 0.05) is 19.0 Å². The molecule has 0 aromatic carbocycles. The SMILES string of the molecule is CC(N)(C(=O)NCCC(=O)NC1CC1)C(F)(F)F. The lowest BCUT2D eigenvalue weighted by Gasteiger charge is -2.26. The van der Waals surface area contributed by atoms with Crippen LogP contribution in [0.2, 0.25) is 0 Å². The number of carbonyl (C=O) groups excluding carboxylic acids is 2. The molecule has 2 amide bonds. The number of nitrogens with two attached hydrogens (primary N) is 1. The van der Waals surface area contributed by atoms with Crippen LogP contribution in [0.25, 0.3) is 0 Å². The minimum absolute atomic E-state index is 0.0593. The average molecular weight is 267 g/mol. The Bertz CT molecular complexity index is 338. The van der Waals surface area contributed by atoms with E-state index in [2.05, 4.69) is 5.32 Å². The van der Waals surface area contributed by atoms with Crippen LogP contribution in [-0.4, -0.2) is 36.1 Å². The van der Waals surface area contributed by atoms with Crippen LogP contribution in [0, 0.1) is 0 Å². The number of amides is 2. The Morgan fingerprint density at radius 1 is 1.33 bits per heavy atom. The maximum atomic E-state index is 12.4. The molecule has 1 unspecified atom stereocenters. The zero-order valence-corrected chi connectivity index (χ0v) is 9.93. The summed E-state index contributed by atoms with van der Waals surface area (Å²) in [6.07, 6.45) is -3.04. The number of nitrogens with one attached hydrogen (secondary N) is 2. The van der Waals surface area contributed by atoms with Gasteiger partial charge in [-0.15, -0.1) is 0 Å². The van der Waals surface area contributed by atoms with Crippen LogP contribution in [0.15, 0.2) is 0 Å². The third-order valence-electron chi connectivity index (χ3n) is 2.64. The van der Waals surface area contributed by atoms with Crippen molar-refractivity contribution in [2.24, 2.45) is 5.73 Å². The van der Waals surface area contributed by atoms with Crippen molar-refractivity contribution in [2.45, 2.75) is 43.9 Å². The molecule has 1 atom stereocenters. The standard InChI is InChI=1S/C10H16F3N3O2/c1-9(14,10(11,12)13)8(18)15-5-4-7(17)16-6-2-3-6/h6H,2-5,14H2,1H3,(H,15,18)(H,16,17). The third-order valence-corrected chi connectivity index (χ3v) is 2.64. The molecule has 8 heteroatoms. The fourth-order valence-electron chi connectivity index (χ4n) is 1.13. The summed E-state index contributed by atoms with van der Waals surface area (Å²) >= 11 is 0. The molecule has 1 rings (SSSR count). The Balaban J connectivity index is 2.29. The summed E-state index contributed by atoms with van der Waals surface area (Å²) in [5, 5.41) is 4.66. The summed E-state index contributed by atoms with van der Waals surface area (Å²) in [5.41, 5.74) is 1.96. The Hall–Kier alpha value is -1.31. The molecule has 0 aromatic heterocycles. The molecular weight excluding hydrogens is 251 g/mol. The van der Waals surface area contributed by atoms with Crippen molar-refractivity contribution in [3.8, 4) is 0 Å². The molecule has 0 saturated heterocycles. The minimum Gasteiger partial charge on any atom is -0.354 e. The van der Waals surface area contributed by atoms with Crippen LogP contribution in [0.3, 0.4) is 0 Å². The van der Waals surface area contributed by atoms with Crippen molar-refractivity contribution in [3.63, 3.8) is 0 Å². The predicted molar refractivity (Wildman–Crippen MR) is 57.4 cm³/mol. The first-order valence-electron chi connectivity index (χ1n) is 5.58. The van der Waals surface area contributed by atoms with Crippen LogP contribution in [0.5, 0.6) is 0 Å². The van der Waals surface area contributed by atoms with Crippen molar-refractivity contribution in [2.75, 3.05) is 6.54 Å². The molecule has 4 N–H and O–H groups in total. The summed E-state index contributed by atoms with van der Waals surface area (Å²) in [6, 6.07) is 0.183. The topological polar surface area (TPSA) is 84.2 Å². The summed E-state index contributed by atoms with van der Waals surface area (Å²) in [5.74, 6) is -1.63. The fraction of sp³-hybridized carbons (Fsp3) is 0.800. The fourth-order valence-corrected chi connectivity index (χ4v) is 1.13. The van der Waals surface area contributed by atoms with E-state index in [1.807, 2.05) is 5.32 Å². The highest BCUT2D eigenvalue weighted by atomic mass is 19.4. The van der Waals surface area contributed by atoms with Crippen LogP contribution >= 0.6 is 0 Å². The Kier molecular flexibility index (Phi) is 4.20. The van der Waals surface area contributed by atoms with Crippen LogP contribution < -0.4 is 16.4 Å². The van der Waals surface area contributed by atoms with Crippen LogP contribution in [0.4, 0.5) is 13.2 Å². The Labute approximate surface area is 102 Å². The van der Waals surface area contributed by atoms with E-state index in [4.69, 9.17) is 5.73 Å². The lowest BCUT2D eigenvalue weighted by Crippen LogP contribution is -2.61. The second-order valence-electron chi connectivity index (χ2n) is 4.55. The second-order valence-corrected chi connectivity index (χ2v) is 4.55. The molecule has 0 heterocycles. The maximum absolute atomic E-state index is 12.4. The van der Waals surface area contributed by atoms with Gasteiger partial charge in [0.15, 0.2) is 5.54 Å². The van der Waals surface area contributed by atoms with Gasteiger partial charge in [0.2, 0.25) is 11.8 Å². The lowest BCUT2D eigenvalue weighted by molar-refractivity contribution is -0.187. The van der Waals surface area contributed by atoms with Gasteiger partial charge in [0.1, 0.15) is 0 Å². The van der Waals surface area contributed by atoms with Gasteiger partial charge in [-0.3, -0.25) is 9.59 Å². The first kappa shape index (κ1) is 14.7. The van der Waals surface area contributed by atoms with E-state index in [1.165, 1.54) is 0 Å². The summed E-state index contributed by atoms with van der Waals surface area (Å²) in [6.45, 7) is 0.423. The monoisotopic (exact) mass is 267 g/mol. The van der Waals surface area contributed by atoms with Gasteiger partial charge in [0.05, 0.1) is 0 Å². The lowest BCUT2D eigenvalue weighted by atomic mass is 10.0. The van der Waals surface area contributed by atoms with E-state index in [9.17, 15) is 22.8 Å². The van der Waals surface area contributed by atoms with Crippen LogP contribution in [0.1, 0.15) is 26.2 Å². The van der Waals surface area contributed by atoms with Crippen LogP contribution in [-0.2, 0) is 9.59 Å². The first-order chi connectivity index (χ1) is 8.14. The molecule has 1 fully saturated rings. The molecule has 18 heavy (non-hydrogen) atoms. The molecular formula is C10H16F3N3O2. The highest BCUT2D eigenvalue weighted by Gasteiger charge is 2.53. The summed E-state index contributed by atoms with van der Waals surface area (Å²) < 4.78 is 37.2. The van der Waals surface area contributed by atoms with Gasteiger partial charge in [-0.2, -0.15) is 13.2 Å². The quantitative estimate of drug-likeness (QED) is 0.658. The van der Waals surface area contributed by atoms with E-state index in [0.717, 1.165) is 12.8 Å². The van der Waals surface area contributed by atoms with E-state index < -0.39 is 17.6 Å². The molecule has 0 aromatic rings. The molecule has 0 spiro atoms. The number of carbonyl (C=O) groups is 2. The zero-order valence-electron chi connectivity index (χ0n) is 9.93. The van der Waals surface area contributed by atoms with Gasteiger partial charge in [-0.25, -0.2) is 0 Å². The second kappa shape index (κ2) is 5.13. The smallest absolute Gasteiger partial charge is 0.354 e. The number of hydrogen-bond donors (Lipinski definition) is 3. The molecule has 1 saturated carbocycles. The number of rotatable bonds is 5. The Morgan fingerprint density at radius 2 is 1.89 bits per heavy atom. The normalized spacial score (nSPS) is 18.9. The number of halogens is 3. The molecule has 0 aliphatic heterocycles. The van der Waals surface area contributed by atoms with E-state index in [0.29, 0.717) is 6.92 Å². The van der Waals surface area contributed by atoms with Gasteiger partial charge < -0.3 is 16.4 Å². The maximum Gasteiger partial charge on any atom is 0.415 e. The Morgan fingerprint density at radius 3 is 2.33 bits per heavy atom. The van der Waals surface area contributed by atoms with Crippen molar-refractivity contribution in [3.05, 3.63) is 0 Å². The predicted octanol–water partition coefficient (Wildman–Crippen LogP) is 0.0510. The molecule has 1 aliphatic rings. The molecule has 0 bridgehead atoms. The van der Waals surface area contributed by atoms with Crippen molar-refractivity contribution in [1.82, 2.24) is 10.6 Å². The van der Waals surface area contributed by atoms with Gasteiger partial charge in [-0.05, 0) is 19.8 Å². The first-order valence-corrected chi connectivity index (χ1v) is 5.58. The van der Waals surface area contributed by atoms with Crippen molar-refractivity contribution >= 4 is 11.8 Å². The van der Waals surface area contributed by atoms with Gasteiger partial charge >= 0.3 is 6.18 Å². The third kappa shape index (κ3) is 3.86. The largest absolute Gasteiger partial charge is 0.415 e. The molecule has 104 valence electrons. The van der Waals surface area contributed by atoms with Gasteiger partial charge in [0.25, 0.3) is 0 Å². The molecule has 5 nitrogen and oxygen atoms in total. The molecule has 1 aliphatic carbocycles. The molecule has 0 radical (unpaired) electrons. The van der Waals surface area contributed by atoms with Crippen molar-refractivity contribution in [1.29, 1.82) is 0 Å². The number of hydrogen-bond acceptors (Lipinski definition) is 3. The van der Waals surface area contributed by atoms with E-state index in [-0.39, 0.29) is 24.9 Å². The minimum atomic E-state index is -4.83. The highest BCUT2D eigenvalue weighted by molar-refractivity contribution is 5.87. The van der Waals surface area contributed by atoms with E-state index >= 15 is 0 Å².